The van der Waals surface area contributed by atoms with Gasteiger partial charge in [-0.3, -0.25) is 0 Å². The van der Waals surface area contributed by atoms with E-state index in [4.69, 9.17) is 14.5 Å². The van der Waals surface area contributed by atoms with Gasteiger partial charge in [-0.1, -0.05) is 26.0 Å². The molecule has 2 rings (SSSR count). The van der Waals surface area contributed by atoms with E-state index in [0.717, 1.165) is 28.6 Å². The zero-order valence-corrected chi connectivity index (χ0v) is 13.8. The van der Waals surface area contributed by atoms with Gasteiger partial charge >= 0.3 is 0 Å². The highest BCUT2D eigenvalue weighted by molar-refractivity contribution is 7.15. The molecule has 0 aliphatic heterocycles. The molecule has 0 aliphatic carbocycles. The molecule has 1 heterocycles. The fourth-order valence-corrected chi connectivity index (χ4v) is 3.05. The normalized spacial score (nSPS) is 11.1. The number of thiazole rings is 1. The first-order valence-corrected chi connectivity index (χ1v) is 7.81. The minimum absolute atomic E-state index is 0.442. The van der Waals surface area contributed by atoms with E-state index >= 15 is 0 Å². The van der Waals surface area contributed by atoms with E-state index in [1.165, 1.54) is 4.88 Å². The monoisotopic (exact) mass is 306 g/mol. The number of methoxy groups -OCH3 is 2. The predicted molar refractivity (Wildman–Crippen MR) is 86.8 cm³/mol. The Morgan fingerprint density at radius 2 is 2.00 bits per heavy atom. The summed E-state index contributed by atoms with van der Waals surface area (Å²) in [5.74, 6) is 0.846. The summed E-state index contributed by atoms with van der Waals surface area (Å²) >= 11 is 1.69. The Hall–Kier alpha value is -1.43. The van der Waals surface area contributed by atoms with Gasteiger partial charge in [-0.25, -0.2) is 4.98 Å². The van der Waals surface area contributed by atoms with E-state index in [0.29, 0.717) is 12.6 Å². The van der Waals surface area contributed by atoms with Crippen molar-refractivity contribution in [1.29, 1.82) is 0 Å². The number of aromatic nitrogens is 1. The van der Waals surface area contributed by atoms with E-state index in [2.05, 4.69) is 19.2 Å². The Balaban J connectivity index is 2.33. The molecule has 1 aromatic carbocycles. The quantitative estimate of drug-likeness (QED) is 0.850. The highest BCUT2D eigenvalue weighted by atomic mass is 32.1. The van der Waals surface area contributed by atoms with Crippen molar-refractivity contribution in [2.45, 2.75) is 33.0 Å². The highest BCUT2D eigenvalue weighted by Gasteiger charge is 2.15. The molecule has 1 aromatic heterocycles. The van der Waals surface area contributed by atoms with E-state index in [1.54, 1.807) is 25.6 Å². The molecule has 0 spiro atoms. The van der Waals surface area contributed by atoms with Gasteiger partial charge in [0.25, 0.3) is 0 Å². The standard InChI is InChI=1S/C16H22N2O2S/c1-11(2)17-9-15-13(10-19-3)18-16(21-15)12-7-5-6-8-14(12)20-4/h5-8,11,17H,9-10H2,1-4H3. The van der Waals surface area contributed by atoms with Crippen LogP contribution in [0, 0.1) is 0 Å². The van der Waals surface area contributed by atoms with Crippen molar-refractivity contribution in [2.24, 2.45) is 0 Å². The predicted octanol–water partition coefficient (Wildman–Crippen LogP) is 3.46. The third kappa shape index (κ3) is 4.03. The minimum Gasteiger partial charge on any atom is -0.496 e. The number of nitrogens with zero attached hydrogens (tertiary/aromatic N) is 1. The van der Waals surface area contributed by atoms with E-state index < -0.39 is 0 Å². The lowest BCUT2D eigenvalue weighted by molar-refractivity contribution is 0.181. The van der Waals surface area contributed by atoms with Crippen LogP contribution in [0.2, 0.25) is 0 Å². The molecular weight excluding hydrogens is 284 g/mol. The Kier molecular flexibility index (Phi) is 5.73. The molecule has 21 heavy (non-hydrogen) atoms. The fourth-order valence-electron chi connectivity index (χ4n) is 2.00. The Morgan fingerprint density at radius 1 is 1.24 bits per heavy atom. The second-order valence-corrected chi connectivity index (χ2v) is 6.14. The van der Waals surface area contributed by atoms with Crippen molar-refractivity contribution in [2.75, 3.05) is 14.2 Å². The molecule has 0 amide bonds. The maximum absolute atomic E-state index is 5.43. The molecule has 4 nitrogen and oxygen atoms in total. The van der Waals surface area contributed by atoms with Gasteiger partial charge in [0.2, 0.25) is 0 Å². The summed E-state index contributed by atoms with van der Waals surface area (Å²) in [6.45, 7) is 5.61. The summed E-state index contributed by atoms with van der Waals surface area (Å²) in [4.78, 5) is 5.94. The van der Waals surface area contributed by atoms with Crippen LogP contribution in [-0.2, 0) is 17.9 Å². The molecule has 0 aliphatic rings. The summed E-state index contributed by atoms with van der Waals surface area (Å²) in [5, 5.41) is 4.41. The van der Waals surface area contributed by atoms with Crippen molar-refractivity contribution >= 4 is 11.3 Å². The van der Waals surface area contributed by atoms with Crippen molar-refractivity contribution in [3.63, 3.8) is 0 Å². The lowest BCUT2D eigenvalue weighted by atomic mass is 10.2. The van der Waals surface area contributed by atoms with Crippen LogP contribution in [0.4, 0.5) is 0 Å². The van der Waals surface area contributed by atoms with Gasteiger partial charge < -0.3 is 14.8 Å². The molecule has 0 fully saturated rings. The molecule has 1 N–H and O–H groups in total. The Morgan fingerprint density at radius 3 is 2.67 bits per heavy atom. The second kappa shape index (κ2) is 7.54. The number of hydrogen-bond donors (Lipinski definition) is 1. The third-order valence-electron chi connectivity index (χ3n) is 3.07. The molecule has 5 heteroatoms. The van der Waals surface area contributed by atoms with Crippen LogP contribution in [0.1, 0.15) is 24.4 Å². The number of rotatable bonds is 7. The second-order valence-electron chi connectivity index (χ2n) is 5.06. The van der Waals surface area contributed by atoms with Crippen LogP contribution in [0.25, 0.3) is 10.6 Å². The molecule has 2 aromatic rings. The summed E-state index contributed by atoms with van der Waals surface area (Å²) in [5.41, 5.74) is 2.02. The summed E-state index contributed by atoms with van der Waals surface area (Å²) in [6, 6.07) is 8.40. The van der Waals surface area contributed by atoms with Gasteiger partial charge in [0.1, 0.15) is 10.8 Å². The lowest BCUT2D eigenvalue weighted by Crippen LogP contribution is -2.21. The van der Waals surface area contributed by atoms with Crippen molar-refractivity contribution < 1.29 is 9.47 Å². The van der Waals surface area contributed by atoms with Gasteiger partial charge in [0.15, 0.2) is 0 Å². The molecule has 0 bridgehead atoms. The third-order valence-corrected chi connectivity index (χ3v) is 4.20. The van der Waals surface area contributed by atoms with Crippen LogP contribution < -0.4 is 10.1 Å². The number of nitrogens with one attached hydrogen (secondary N) is 1. The highest BCUT2D eigenvalue weighted by Crippen LogP contribution is 2.34. The van der Waals surface area contributed by atoms with Gasteiger partial charge in [0.05, 0.1) is 25.0 Å². The van der Waals surface area contributed by atoms with E-state index in [-0.39, 0.29) is 0 Å². The topological polar surface area (TPSA) is 43.4 Å². The zero-order valence-electron chi connectivity index (χ0n) is 13.0. The Bertz CT molecular complexity index is 581. The molecule has 0 saturated carbocycles. The van der Waals surface area contributed by atoms with Crippen LogP contribution in [0.15, 0.2) is 24.3 Å². The smallest absolute Gasteiger partial charge is 0.129 e. The number of benzene rings is 1. The molecule has 114 valence electrons. The average molecular weight is 306 g/mol. The number of para-hydroxylation sites is 1. The molecule has 0 radical (unpaired) electrons. The maximum Gasteiger partial charge on any atom is 0.129 e. The molecule has 0 saturated heterocycles. The fraction of sp³-hybridized carbons (Fsp3) is 0.438. The summed E-state index contributed by atoms with van der Waals surface area (Å²) in [6.07, 6.45) is 0. The van der Waals surface area contributed by atoms with Gasteiger partial charge in [-0.05, 0) is 12.1 Å². The van der Waals surface area contributed by atoms with Crippen LogP contribution in [0.5, 0.6) is 5.75 Å². The summed E-state index contributed by atoms with van der Waals surface area (Å²) in [7, 11) is 3.38. The SMILES string of the molecule is COCc1nc(-c2ccccc2OC)sc1CNC(C)C. The van der Waals surface area contributed by atoms with Crippen LogP contribution in [-0.4, -0.2) is 25.2 Å². The molecular formula is C16H22N2O2S. The van der Waals surface area contributed by atoms with E-state index in [1.807, 2.05) is 24.3 Å². The Labute approximate surface area is 130 Å². The first kappa shape index (κ1) is 15.9. The average Bonchev–Trinajstić information content (AvgIpc) is 2.88. The first-order chi connectivity index (χ1) is 10.2. The van der Waals surface area contributed by atoms with Crippen LogP contribution in [0.3, 0.4) is 0 Å². The van der Waals surface area contributed by atoms with Crippen LogP contribution >= 0.6 is 11.3 Å². The summed E-state index contributed by atoms with van der Waals surface area (Å²) < 4.78 is 10.7. The van der Waals surface area contributed by atoms with Gasteiger partial charge in [0, 0.05) is 24.6 Å². The largest absolute Gasteiger partial charge is 0.496 e. The van der Waals surface area contributed by atoms with Gasteiger partial charge in [-0.2, -0.15) is 0 Å². The maximum atomic E-state index is 5.43. The van der Waals surface area contributed by atoms with E-state index in [9.17, 15) is 0 Å². The van der Waals surface area contributed by atoms with Crippen molar-refractivity contribution in [1.82, 2.24) is 10.3 Å². The minimum atomic E-state index is 0.442. The lowest BCUT2D eigenvalue weighted by Gasteiger charge is -2.07. The zero-order chi connectivity index (χ0) is 15.2. The van der Waals surface area contributed by atoms with Crippen molar-refractivity contribution in [3.8, 4) is 16.3 Å². The van der Waals surface area contributed by atoms with Gasteiger partial charge in [-0.15, -0.1) is 11.3 Å². The molecule has 0 unspecified atom stereocenters. The number of ether oxygens (including phenoxy) is 2. The number of hydrogen-bond acceptors (Lipinski definition) is 5. The first-order valence-electron chi connectivity index (χ1n) is 7.00. The molecule has 0 atom stereocenters. The van der Waals surface area contributed by atoms with Crippen molar-refractivity contribution in [3.05, 3.63) is 34.8 Å².